The zero-order valence-electron chi connectivity index (χ0n) is 9.61. The summed E-state index contributed by atoms with van der Waals surface area (Å²) in [4.78, 5) is 11.6. The smallest absolute Gasteiger partial charge is 0.343 e. The second kappa shape index (κ2) is 4.96. The summed E-state index contributed by atoms with van der Waals surface area (Å²) in [7, 11) is 0. The lowest BCUT2D eigenvalue weighted by atomic mass is 10.2. The minimum absolute atomic E-state index is 0.159. The van der Waals surface area contributed by atoms with Crippen LogP contribution in [0, 0.1) is 18.6 Å². The van der Waals surface area contributed by atoms with E-state index < -0.39 is 17.6 Å². The number of carbonyl (C=O) groups is 1. The number of esters is 1. The molecule has 0 amide bonds. The molecule has 0 atom stereocenters. The minimum Gasteiger partial charge on any atom is -0.423 e. The molecule has 0 fully saturated rings. The van der Waals surface area contributed by atoms with Gasteiger partial charge in [0.25, 0.3) is 0 Å². The van der Waals surface area contributed by atoms with Gasteiger partial charge < -0.3 is 4.74 Å². The Bertz CT molecular complexity index is 557. The van der Waals surface area contributed by atoms with Crippen molar-refractivity contribution in [2.45, 2.75) is 6.92 Å². The number of halogens is 2. The lowest BCUT2D eigenvalue weighted by Crippen LogP contribution is -2.09. The van der Waals surface area contributed by atoms with Gasteiger partial charge in [0.05, 0.1) is 5.56 Å². The summed E-state index contributed by atoms with van der Waals surface area (Å²) >= 11 is 0. The van der Waals surface area contributed by atoms with Crippen LogP contribution in [0.25, 0.3) is 0 Å². The van der Waals surface area contributed by atoms with Crippen molar-refractivity contribution in [1.29, 1.82) is 0 Å². The summed E-state index contributed by atoms with van der Waals surface area (Å²) in [5.41, 5.74) is 0.861. The maximum atomic E-state index is 12.9. The van der Waals surface area contributed by atoms with E-state index in [1.807, 2.05) is 6.92 Å². The Labute approximate surface area is 103 Å². The molecule has 0 unspecified atom stereocenters. The third kappa shape index (κ3) is 2.91. The SMILES string of the molecule is Cc1ccc(OC(=O)c2cc(F)cc(F)c2)cc1. The van der Waals surface area contributed by atoms with Crippen molar-refractivity contribution in [3.8, 4) is 5.75 Å². The molecule has 0 aliphatic rings. The van der Waals surface area contributed by atoms with Gasteiger partial charge in [-0.25, -0.2) is 13.6 Å². The molecule has 4 heteroatoms. The Morgan fingerprint density at radius 2 is 1.56 bits per heavy atom. The van der Waals surface area contributed by atoms with Gasteiger partial charge in [-0.05, 0) is 31.2 Å². The van der Waals surface area contributed by atoms with Crippen LogP contribution in [0.4, 0.5) is 8.78 Å². The van der Waals surface area contributed by atoms with E-state index in [2.05, 4.69) is 0 Å². The van der Waals surface area contributed by atoms with Gasteiger partial charge in [0.15, 0.2) is 0 Å². The molecule has 0 aliphatic carbocycles. The highest BCUT2D eigenvalue weighted by Gasteiger charge is 2.11. The first kappa shape index (κ1) is 12.2. The number of benzene rings is 2. The van der Waals surface area contributed by atoms with Crippen molar-refractivity contribution in [3.63, 3.8) is 0 Å². The zero-order chi connectivity index (χ0) is 13.1. The van der Waals surface area contributed by atoms with E-state index in [4.69, 9.17) is 4.74 Å². The molecule has 0 spiro atoms. The Morgan fingerprint density at radius 1 is 1.00 bits per heavy atom. The van der Waals surface area contributed by atoms with Gasteiger partial charge in [-0.15, -0.1) is 0 Å². The van der Waals surface area contributed by atoms with Gasteiger partial charge in [0.2, 0.25) is 0 Å². The van der Waals surface area contributed by atoms with Crippen molar-refractivity contribution in [3.05, 3.63) is 65.2 Å². The van der Waals surface area contributed by atoms with Gasteiger partial charge in [-0.1, -0.05) is 17.7 Å². The molecule has 0 aliphatic heterocycles. The van der Waals surface area contributed by atoms with Crippen LogP contribution >= 0.6 is 0 Å². The summed E-state index contributed by atoms with van der Waals surface area (Å²) in [6.45, 7) is 1.90. The van der Waals surface area contributed by atoms with Crippen LogP contribution in [-0.2, 0) is 0 Å². The quantitative estimate of drug-likeness (QED) is 0.600. The molecule has 2 aromatic carbocycles. The average molecular weight is 248 g/mol. The molecular formula is C14H10F2O2. The number of hydrogen-bond donors (Lipinski definition) is 0. The van der Waals surface area contributed by atoms with Crippen molar-refractivity contribution >= 4 is 5.97 Å². The van der Waals surface area contributed by atoms with Crippen LogP contribution in [0.1, 0.15) is 15.9 Å². The fourth-order valence-corrected chi connectivity index (χ4v) is 1.44. The third-order valence-electron chi connectivity index (χ3n) is 2.33. The summed E-state index contributed by atoms with van der Waals surface area (Å²) < 4.78 is 30.9. The van der Waals surface area contributed by atoms with Crippen LogP contribution in [0.3, 0.4) is 0 Å². The van der Waals surface area contributed by atoms with Crippen LogP contribution < -0.4 is 4.74 Å². The van der Waals surface area contributed by atoms with Crippen LogP contribution in [0.5, 0.6) is 5.75 Å². The predicted molar refractivity (Wildman–Crippen MR) is 62.5 cm³/mol. The van der Waals surface area contributed by atoms with E-state index in [-0.39, 0.29) is 5.56 Å². The second-order valence-electron chi connectivity index (χ2n) is 3.86. The Hall–Kier alpha value is -2.23. The summed E-state index contributed by atoms with van der Waals surface area (Å²) in [5.74, 6) is -2.09. The third-order valence-corrected chi connectivity index (χ3v) is 2.33. The van der Waals surface area contributed by atoms with E-state index in [9.17, 15) is 13.6 Å². The maximum Gasteiger partial charge on any atom is 0.343 e. The molecule has 2 nitrogen and oxygen atoms in total. The lowest BCUT2D eigenvalue weighted by molar-refractivity contribution is 0.0733. The number of hydrogen-bond acceptors (Lipinski definition) is 2. The molecule has 2 rings (SSSR count). The van der Waals surface area contributed by atoms with Gasteiger partial charge >= 0.3 is 5.97 Å². The van der Waals surface area contributed by atoms with E-state index in [0.29, 0.717) is 11.8 Å². The van der Waals surface area contributed by atoms with Crippen LogP contribution in [0.2, 0.25) is 0 Å². The molecule has 0 heterocycles. The lowest BCUT2D eigenvalue weighted by Gasteiger charge is -2.05. The zero-order valence-corrected chi connectivity index (χ0v) is 9.61. The summed E-state index contributed by atoms with van der Waals surface area (Å²) in [5, 5.41) is 0. The molecule has 0 radical (unpaired) electrons. The highest BCUT2D eigenvalue weighted by molar-refractivity contribution is 5.91. The fraction of sp³-hybridized carbons (Fsp3) is 0.0714. The molecule has 2 aromatic rings. The van der Waals surface area contributed by atoms with Crippen molar-refractivity contribution < 1.29 is 18.3 Å². The Morgan fingerprint density at radius 3 is 2.11 bits per heavy atom. The van der Waals surface area contributed by atoms with Gasteiger partial charge in [0, 0.05) is 6.07 Å². The topological polar surface area (TPSA) is 26.3 Å². The Balaban J connectivity index is 2.19. The van der Waals surface area contributed by atoms with E-state index in [1.54, 1.807) is 24.3 Å². The monoisotopic (exact) mass is 248 g/mol. The molecule has 0 bridgehead atoms. The highest BCUT2D eigenvalue weighted by Crippen LogP contribution is 2.15. The largest absolute Gasteiger partial charge is 0.423 e. The second-order valence-corrected chi connectivity index (χ2v) is 3.86. The number of rotatable bonds is 2. The van der Waals surface area contributed by atoms with Crippen molar-refractivity contribution in [2.75, 3.05) is 0 Å². The highest BCUT2D eigenvalue weighted by atomic mass is 19.1. The number of aryl methyl sites for hydroxylation is 1. The minimum atomic E-state index is -0.814. The standard InChI is InChI=1S/C14H10F2O2/c1-9-2-4-13(5-3-9)18-14(17)10-6-11(15)8-12(16)7-10/h2-8H,1H3. The first-order chi connectivity index (χ1) is 8.54. The average Bonchev–Trinajstić information content (AvgIpc) is 2.31. The van der Waals surface area contributed by atoms with Gasteiger partial charge in [-0.2, -0.15) is 0 Å². The normalized spacial score (nSPS) is 10.2. The first-order valence-corrected chi connectivity index (χ1v) is 5.29. The predicted octanol–water partition coefficient (Wildman–Crippen LogP) is 3.49. The number of ether oxygens (including phenoxy) is 1. The van der Waals surface area contributed by atoms with Crippen LogP contribution in [-0.4, -0.2) is 5.97 Å². The van der Waals surface area contributed by atoms with Gasteiger partial charge in [-0.3, -0.25) is 0 Å². The van der Waals surface area contributed by atoms with Crippen LogP contribution in [0.15, 0.2) is 42.5 Å². The van der Waals surface area contributed by atoms with E-state index in [1.165, 1.54) is 0 Å². The fourth-order valence-electron chi connectivity index (χ4n) is 1.44. The summed E-state index contributed by atoms with van der Waals surface area (Å²) in [6.07, 6.45) is 0. The molecule has 0 saturated heterocycles. The van der Waals surface area contributed by atoms with Gasteiger partial charge in [0.1, 0.15) is 17.4 Å². The molecule has 0 aromatic heterocycles. The van der Waals surface area contributed by atoms with E-state index >= 15 is 0 Å². The van der Waals surface area contributed by atoms with E-state index in [0.717, 1.165) is 17.7 Å². The summed E-state index contributed by atoms with van der Waals surface area (Å²) in [6, 6.07) is 9.33. The Kier molecular flexibility index (Phi) is 3.37. The molecule has 18 heavy (non-hydrogen) atoms. The van der Waals surface area contributed by atoms with Crippen molar-refractivity contribution in [2.24, 2.45) is 0 Å². The first-order valence-electron chi connectivity index (χ1n) is 5.29. The molecule has 0 N–H and O–H groups in total. The van der Waals surface area contributed by atoms with Crippen molar-refractivity contribution in [1.82, 2.24) is 0 Å². The molecule has 92 valence electrons. The number of carbonyl (C=O) groups excluding carboxylic acids is 1. The molecule has 0 saturated carbocycles. The molecular weight excluding hydrogens is 238 g/mol. The maximum absolute atomic E-state index is 12.9.